The van der Waals surface area contributed by atoms with Crippen LogP contribution in [0, 0.1) is 5.41 Å². The summed E-state index contributed by atoms with van der Waals surface area (Å²) in [5.41, 5.74) is -0.303. The van der Waals surface area contributed by atoms with Gasteiger partial charge in [-0.25, -0.2) is 0 Å². The van der Waals surface area contributed by atoms with Gasteiger partial charge in [0.1, 0.15) is 6.10 Å². The highest BCUT2D eigenvalue weighted by Crippen LogP contribution is 2.33. The molecule has 0 aromatic carbocycles. The van der Waals surface area contributed by atoms with Gasteiger partial charge in [-0.05, 0) is 39.7 Å². The van der Waals surface area contributed by atoms with E-state index in [-0.39, 0.29) is 29.7 Å². The minimum absolute atomic E-state index is 0.00602. The van der Waals surface area contributed by atoms with Crippen LogP contribution < -0.4 is 5.32 Å². The zero-order valence-corrected chi connectivity index (χ0v) is 12.4. The lowest BCUT2D eigenvalue weighted by atomic mass is 9.78. The molecule has 0 aromatic heterocycles. The molecule has 4 nitrogen and oxygen atoms in total. The number of ether oxygens (including phenoxy) is 2. The Bertz CT molecular complexity index is 303. The van der Waals surface area contributed by atoms with Gasteiger partial charge in [0.25, 0.3) is 0 Å². The highest BCUT2D eigenvalue weighted by atomic mass is 16.6. The smallest absolute Gasteiger partial charge is 0.313 e. The Morgan fingerprint density at radius 1 is 1.37 bits per heavy atom. The maximum absolute atomic E-state index is 12.5. The summed E-state index contributed by atoms with van der Waals surface area (Å²) in [4.78, 5) is 12.5. The van der Waals surface area contributed by atoms with E-state index in [4.69, 9.17) is 9.47 Å². The first-order valence-corrected chi connectivity index (χ1v) is 7.63. The van der Waals surface area contributed by atoms with E-state index in [0.717, 1.165) is 45.2 Å². The molecule has 0 aromatic rings. The van der Waals surface area contributed by atoms with Gasteiger partial charge in [0, 0.05) is 19.4 Å². The van der Waals surface area contributed by atoms with E-state index in [1.165, 1.54) is 0 Å². The molecule has 0 amide bonds. The Hall–Kier alpha value is -0.610. The largest absolute Gasteiger partial charge is 0.462 e. The van der Waals surface area contributed by atoms with E-state index in [1.807, 2.05) is 13.8 Å². The van der Waals surface area contributed by atoms with E-state index in [9.17, 15) is 4.79 Å². The van der Waals surface area contributed by atoms with Gasteiger partial charge in [-0.1, -0.05) is 6.92 Å². The fourth-order valence-electron chi connectivity index (χ4n) is 3.31. The quantitative estimate of drug-likeness (QED) is 0.798. The summed E-state index contributed by atoms with van der Waals surface area (Å²) in [5, 5.41) is 3.34. The van der Waals surface area contributed by atoms with Crippen molar-refractivity contribution in [3.8, 4) is 0 Å². The second kappa shape index (κ2) is 6.23. The number of esters is 1. The molecule has 2 saturated heterocycles. The van der Waals surface area contributed by atoms with Crippen molar-refractivity contribution < 1.29 is 14.3 Å². The topological polar surface area (TPSA) is 47.6 Å². The lowest BCUT2D eigenvalue weighted by Gasteiger charge is -2.38. The second-order valence-electron chi connectivity index (χ2n) is 6.17. The van der Waals surface area contributed by atoms with Gasteiger partial charge in [0.15, 0.2) is 0 Å². The minimum Gasteiger partial charge on any atom is -0.462 e. The Balaban J connectivity index is 1.95. The van der Waals surface area contributed by atoms with E-state index in [1.54, 1.807) is 0 Å². The van der Waals surface area contributed by atoms with E-state index < -0.39 is 0 Å². The van der Waals surface area contributed by atoms with E-state index in [2.05, 4.69) is 12.2 Å². The number of hydrogen-bond acceptors (Lipinski definition) is 4. The van der Waals surface area contributed by atoms with Gasteiger partial charge in [0.2, 0.25) is 0 Å². The molecule has 2 heterocycles. The molecule has 3 unspecified atom stereocenters. The van der Waals surface area contributed by atoms with Gasteiger partial charge in [-0.2, -0.15) is 0 Å². The zero-order chi connectivity index (χ0) is 13.9. The summed E-state index contributed by atoms with van der Waals surface area (Å²) in [7, 11) is 0. The summed E-state index contributed by atoms with van der Waals surface area (Å²) < 4.78 is 11.5. The van der Waals surface area contributed by atoms with Crippen molar-refractivity contribution >= 4 is 5.97 Å². The maximum Gasteiger partial charge on any atom is 0.313 e. The molecule has 3 atom stereocenters. The van der Waals surface area contributed by atoms with Gasteiger partial charge in [-0.3, -0.25) is 4.79 Å². The molecule has 0 bridgehead atoms. The van der Waals surface area contributed by atoms with Crippen molar-refractivity contribution in [2.75, 3.05) is 13.1 Å². The van der Waals surface area contributed by atoms with Crippen LogP contribution in [0.5, 0.6) is 0 Å². The Morgan fingerprint density at radius 2 is 2.05 bits per heavy atom. The summed E-state index contributed by atoms with van der Waals surface area (Å²) >= 11 is 0. The number of nitrogens with one attached hydrogen (secondary N) is 1. The Labute approximate surface area is 116 Å². The molecule has 1 N–H and O–H groups in total. The van der Waals surface area contributed by atoms with Crippen LogP contribution in [0.4, 0.5) is 0 Å². The molecule has 110 valence electrons. The average molecular weight is 269 g/mol. The molecule has 2 rings (SSSR count). The summed E-state index contributed by atoms with van der Waals surface area (Å²) in [6, 6.07) is 0. The SMILES string of the molecule is CCC1(C(=O)OC2CC(C)OC(C)C2)CCCNC1. The van der Waals surface area contributed by atoms with Gasteiger partial charge >= 0.3 is 5.97 Å². The first-order chi connectivity index (χ1) is 9.05. The normalized spacial score (nSPS) is 39.8. The maximum atomic E-state index is 12.5. The molecule has 0 aliphatic carbocycles. The third kappa shape index (κ3) is 3.48. The van der Waals surface area contributed by atoms with Crippen molar-refractivity contribution in [2.24, 2.45) is 5.41 Å². The molecular weight excluding hydrogens is 242 g/mol. The predicted octanol–water partition coefficient (Wildman–Crippen LogP) is 2.27. The fourth-order valence-corrected chi connectivity index (χ4v) is 3.31. The van der Waals surface area contributed by atoms with Crippen molar-refractivity contribution in [1.29, 1.82) is 0 Å². The lowest BCUT2D eigenvalue weighted by molar-refractivity contribution is -0.172. The minimum atomic E-state index is -0.303. The molecule has 4 heteroatoms. The second-order valence-corrected chi connectivity index (χ2v) is 6.17. The average Bonchev–Trinajstić information content (AvgIpc) is 2.38. The van der Waals surface area contributed by atoms with Gasteiger partial charge < -0.3 is 14.8 Å². The lowest BCUT2D eigenvalue weighted by Crippen LogP contribution is -2.48. The third-order valence-corrected chi connectivity index (χ3v) is 4.51. The zero-order valence-electron chi connectivity index (χ0n) is 12.4. The highest BCUT2D eigenvalue weighted by Gasteiger charge is 2.41. The third-order valence-electron chi connectivity index (χ3n) is 4.51. The van der Waals surface area contributed by atoms with Crippen molar-refractivity contribution in [2.45, 2.75) is 71.2 Å². The molecule has 19 heavy (non-hydrogen) atoms. The molecule has 2 aliphatic rings. The number of carbonyl (C=O) groups excluding carboxylic acids is 1. The molecule has 0 radical (unpaired) electrons. The van der Waals surface area contributed by atoms with Crippen molar-refractivity contribution in [3.63, 3.8) is 0 Å². The first-order valence-electron chi connectivity index (χ1n) is 7.63. The first kappa shape index (κ1) is 14.8. The van der Waals surface area contributed by atoms with Crippen LogP contribution in [-0.4, -0.2) is 37.4 Å². The van der Waals surface area contributed by atoms with Crippen molar-refractivity contribution in [3.05, 3.63) is 0 Å². The Morgan fingerprint density at radius 3 is 2.58 bits per heavy atom. The number of rotatable bonds is 3. The molecule has 0 spiro atoms. The van der Waals surface area contributed by atoms with E-state index in [0.29, 0.717) is 0 Å². The summed E-state index contributed by atoms with van der Waals surface area (Å²) in [5.74, 6) is -0.00602. The number of carbonyl (C=O) groups is 1. The van der Waals surface area contributed by atoms with Crippen LogP contribution in [0.3, 0.4) is 0 Å². The van der Waals surface area contributed by atoms with Crippen LogP contribution in [0.1, 0.15) is 52.9 Å². The molecule has 2 aliphatic heterocycles. The summed E-state index contributed by atoms with van der Waals surface area (Å²) in [6.45, 7) is 7.96. The Kier molecular flexibility index (Phi) is 4.85. The van der Waals surface area contributed by atoms with Gasteiger partial charge in [0.05, 0.1) is 17.6 Å². The van der Waals surface area contributed by atoms with Crippen LogP contribution in [0.25, 0.3) is 0 Å². The van der Waals surface area contributed by atoms with Crippen LogP contribution in [0.2, 0.25) is 0 Å². The number of hydrogen-bond donors (Lipinski definition) is 1. The fraction of sp³-hybridized carbons (Fsp3) is 0.933. The van der Waals surface area contributed by atoms with Crippen LogP contribution in [0.15, 0.2) is 0 Å². The molecule has 0 saturated carbocycles. The standard InChI is InChI=1S/C15H27NO3/c1-4-15(6-5-7-16-10-15)14(17)19-13-8-11(2)18-12(3)9-13/h11-13,16H,4-10H2,1-3H3. The van der Waals surface area contributed by atoms with Gasteiger partial charge in [-0.15, -0.1) is 0 Å². The summed E-state index contributed by atoms with van der Waals surface area (Å²) in [6.07, 6.45) is 4.90. The highest BCUT2D eigenvalue weighted by molar-refractivity contribution is 5.77. The van der Waals surface area contributed by atoms with Crippen LogP contribution in [-0.2, 0) is 14.3 Å². The molecule has 2 fully saturated rings. The van der Waals surface area contributed by atoms with Crippen molar-refractivity contribution in [1.82, 2.24) is 5.32 Å². The molecular formula is C15H27NO3. The monoisotopic (exact) mass is 269 g/mol. The number of piperidine rings is 1. The predicted molar refractivity (Wildman–Crippen MR) is 74.0 cm³/mol. The van der Waals surface area contributed by atoms with E-state index >= 15 is 0 Å². The van der Waals surface area contributed by atoms with Crippen LogP contribution >= 0.6 is 0 Å².